The molecule has 0 radical (unpaired) electrons. The van der Waals surface area contributed by atoms with E-state index in [4.69, 9.17) is 0 Å². The summed E-state index contributed by atoms with van der Waals surface area (Å²) in [6.45, 7) is 6.10. The molecule has 1 fully saturated rings. The lowest BCUT2D eigenvalue weighted by atomic mass is 9.85. The van der Waals surface area contributed by atoms with Crippen molar-refractivity contribution in [3.63, 3.8) is 0 Å². The van der Waals surface area contributed by atoms with E-state index in [-0.39, 0.29) is 11.6 Å². The van der Waals surface area contributed by atoms with Crippen LogP contribution in [0.3, 0.4) is 0 Å². The average Bonchev–Trinajstić information content (AvgIpc) is 3.05. The predicted octanol–water partition coefficient (Wildman–Crippen LogP) is 4.06. The van der Waals surface area contributed by atoms with E-state index in [9.17, 15) is 14.4 Å². The zero-order chi connectivity index (χ0) is 22.1. The van der Waals surface area contributed by atoms with Crippen LogP contribution >= 0.6 is 0 Å². The minimum Gasteiger partial charge on any atom is -0.293 e. The largest absolute Gasteiger partial charge is 0.297 e. The maximum atomic E-state index is 13.4. The monoisotopic (exact) mass is 413 g/mol. The number of hydrogen-bond acceptors (Lipinski definition) is 5. The van der Waals surface area contributed by atoms with Crippen LogP contribution in [0.4, 0.5) is 5.82 Å². The minimum absolute atomic E-state index is 0.248. The molecule has 6 heteroatoms. The van der Waals surface area contributed by atoms with Gasteiger partial charge in [-0.05, 0) is 36.1 Å². The maximum absolute atomic E-state index is 13.4. The molecule has 2 heterocycles. The van der Waals surface area contributed by atoms with Crippen molar-refractivity contribution in [3.05, 3.63) is 89.1 Å². The molecule has 0 saturated carbocycles. The highest BCUT2D eigenvalue weighted by Crippen LogP contribution is 2.40. The number of carbonyl (C=O) groups is 3. The first kappa shape index (κ1) is 20.6. The molecule has 0 spiro atoms. The van der Waals surface area contributed by atoms with Crippen LogP contribution in [0, 0.1) is 12.8 Å². The van der Waals surface area contributed by atoms with Gasteiger partial charge in [-0.1, -0.05) is 67.9 Å². The molecular formula is C25H23N3O3. The topological polar surface area (TPSA) is 80.2 Å². The van der Waals surface area contributed by atoms with Crippen molar-refractivity contribution in [3.8, 4) is 0 Å². The third-order valence-electron chi connectivity index (χ3n) is 5.67. The summed E-state index contributed by atoms with van der Waals surface area (Å²) in [7, 11) is 0. The number of hydrogen-bond donors (Lipinski definition) is 0. The molecular weight excluding hydrogens is 390 g/mol. The number of rotatable bonds is 5. The lowest BCUT2D eigenvalue weighted by molar-refractivity contribution is -0.135. The number of nitrogens with zero attached hydrogens (tertiary/aromatic N) is 3. The Hall–Kier alpha value is -3.67. The third-order valence-corrected chi connectivity index (χ3v) is 5.67. The van der Waals surface area contributed by atoms with Crippen LogP contribution in [0.15, 0.2) is 66.9 Å². The molecule has 4 rings (SSSR count). The van der Waals surface area contributed by atoms with Gasteiger partial charge in [0.15, 0.2) is 11.6 Å². The molecule has 0 N–H and O–H groups in total. The Morgan fingerprint density at radius 2 is 1.65 bits per heavy atom. The van der Waals surface area contributed by atoms with E-state index in [0.29, 0.717) is 17.0 Å². The van der Waals surface area contributed by atoms with Gasteiger partial charge in [0, 0.05) is 11.8 Å². The van der Waals surface area contributed by atoms with Gasteiger partial charge in [0.2, 0.25) is 5.78 Å². The van der Waals surface area contributed by atoms with Crippen LogP contribution in [0.25, 0.3) is 0 Å². The van der Waals surface area contributed by atoms with Crippen molar-refractivity contribution in [2.45, 2.75) is 32.7 Å². The molecule has 1 saturated heterocycles. The molecule has 31 heavy (non-hydrogen) atoms. The first-order chi connectivity index (χ1) is 14.9. The molecule has 6 nitrogen and oxygen atoms in total. The van der Waals surface area contributed by atoms with E-state index in [1.807, 2.05) is 43.3 Å². The number of benzene rings is 2. The molecule has 1 aliphatic heterocycles. The number of carbonyl (C=O) groups excluding carboxylic acids is 3. The van der Waals surface area contributed by atoms with Crippen molar-refractivity contribution in [2.24, 2.45) is 5.92 Å². The van der Waals surface area contributed by atoms with E-state index in [0.717, 1.165) is 11.1 Å². The number of aromatic nitrogens is 2. The summed E-state index contributed by atoms with van der Waals surface area (Å²) in [5.74, 6) is -2.41. The smallest absolute Gasteiger partial charge is 0.293 e. The summed E-state index contributed by atoms with van der Waals surface area (Å²) < 4.78 is 0. The molecule has 2 atom stereocenters. The lowest BCUT2D eigenvalue weighted by Gasteiger charge is -2.26. The van der Waals surface area contributed by atoms with Crippen molar-refractivity contribution in [2.75, 3.05) is 4.90 Å². The molecule has 2 aromatic carbocycles. The Labute approximate surface area is 180 Å². The lowest BCUT2D eigenvalue weighted by Crippen LogP contribution is -2.31. The quantitative estimate of drug-likeness (QED) is 0.358. The molecule has 0 aliphatic carbocycles. The highest BCUT2D eigenvalue weighted by Gasteiger charge is 2.52. The fraction of sp³-hybridized carbons (Fsp3) is 0.240. The standard InChI is InChI=1S/C25H23N3O3/c1-15(2)17-10-12-18(13-11-17)22-21(23(29)19-8-6-16(3)7-9-19)24(30)25(31)28(22)20-5-4-14-26-27-20/h4-15,21-22H,1-3H3. The first-order valence-electron chi connectivity index (χ1n) is 10.2. The Kier molecular flexibility index (Phi) is 5.46. The molecule has 156 valence electrons. The van der Waals surface area contributed by atoms with Crippen LogP contribution in [0.2, 0.25) is 0 Å². The van der Waals surface area contributed by atoms with E-state index < -0.39 is 23.7 Å². The number of amides is 1. The Balaban J connectivity index is 1.83. The molecule has 1 aromatic heterocycles. The Morgan fingerprint density at radius 1 is 0.968 bits per heavy atom. The number of aryl methyl sites for hydroxylation is 1. The van der Waals surface area contributed by atoms with Gasteiger partial charge in [-0.25, -0.2) is 0 Å². The van der Waals surface area contributed by atoms with Crippen molar-refractivity contribution in [1.29, 1.82) is 0 Å². The fourth-order valence-corrected chi connectivity index (χ4v) is 3.92. The molecule has 2 unspecified atom stereocenters. The number of Topliss-reactive ketones (excluding diaryl/α,β-unsaturated/α-hetero) is 2. The van der Waals surface area contributed by atoms with E-state index in [2.05, 4.69) is 24.0 Å². The zero-order valence-corrected chi connectivity index (χ0v) is 17.6. The average molecular weight is 413 g/mol. The van der Waals surface area contributed by atoms with Crippen molar-refractivity contribution in [1.82, 2.24) is 10.2 Å². The third kappa shape index (κ3) is 3.77. The van der Waals surface area contributed by atoms with Gasteiger partial charge in [0.1, 0.15) is 5.92 Å². The van der Waals surface area contributed by atoms with Gasteiger partial charge in [-0.2, -0.15) is 5.10 Å². The molecule has 1 amide bonds. The van der Waals surface area contributed by atoms with Crippen LogP contribution in [0.1, 0.15) is 52.9 Å². The SMILES string of the molecule is Cc1ccc(C(=O)C2C(=O)C(=O)N(c3cccnn3)C2c2ccc(C(C)C)cc2)cc1. The zero-order valence-electron chi connectivity index (χ0n) is 17.6. The maximum Gasteiger partial charge on any atom is 0.297 e. The van der Waals surface area contributed by atoms with E-state index in [1.54, 1.807) is 24.3 Å². The minimum atomic E-state index is -1.15. The Morgan fingerprint density at radius 3 is 2.23 bits per heavy atom. The highest BCUT2D eigenvalue weighted by molar-refractivity contribution is 6.48. The van der Waals surface area contributed by atoms with Gasteiger partial charge in [-0.15, -0.1) is 5.10 Å². The second-order valence-electron chi connectivity index (χ2n) is 8.10. The van der Waals surface area contributed by atoms with Crippen LogP contribution in [0.5, 0.6) is 0 Å². The van der Waals surface area contributed by atoms with Gasteiger partial charge in [0.25, 0.3) is 5.91 Å². The van der Waals surface area contributed by atoms with Crippen LogP contribution < -0.4 is 4.90 Å². The van der Waals surface area contributed by atoms with E-state index in [1.165, 1.54) is 11.1 Å². The summed E-state index contributed by atoms with van der Waals surface area (Å²) in [6, 6.07) is 17.2. The summed E-state index contributed by atoms with van der Waals surface area (Å²) in [4.78, 5) is 40.8. The molecule has 1 aliphatic rings. The molecule has 0 bridgehead atoms. The fourth-order valence-electron chi connectivity index (χ4n) is 3.92. The summed E-state index contributed by atoms with van der Waals surface area (Å²) in [6.07, 6.45) is 1.49. The number of ketones is 2. The van der Waals surface area contributed by atoms with Crippen LogP contribution in [-0.4, -0.2) is 27.7 Å². The van der Waals surface area contributed by atoms with Crippen molar-refractivity contribution < 1.29 is 14.4 Å². The summed E-state index contributed by atoms with van der Waals surface area (Å²) >= 11 is 0. The Bertz CT molecular complexity index is 1120. The predicted molar refractivity (Wildman–Crippen MR) is 117 cm³/mol. The van der Waals surface area contributed by atoms with Crippen molar-refractivity contribution >= 4 is 23.3 Å². The number of anilines is 1. The van der Waals surface area contributed by atoms with E-state index >= 15 is 0 Å². The normalized spacial score (nSPS) is 18.6. The summed E-state index contributed by atoms with van der Waals surface area (Å²) in [5.41, 5.74) is 3.25. The first-order valence-corrected chi connectivity index (χ1v) is 10.2. The van der Waals surface area contributed by atoms with Crippen LogP contribution in [-0.2, 0) is 9.59 Å². The summed E-state index contributed by atoms with van der Waals surface area (Å²) in [5, 5.41) is 7.89. The molecule has 3 aromatic rings. The van der Waals surface area contributed by atoms with Gasteiger partial charge in [0.05, 0.1) is 6.04 Å². The van der Waals surface area contributed by atoms with Gasteiger partial charge >= 0.3 is 0 Å². The van der Waals surface area contributed by atoms with Gasteiger partial charge in [-0.3, -0.25) is 19.3 Å². The second-order valence-corrected chi connectivity index (χ2v) is 8.10. The second kappa shape index (κ2) is 8.22. The van der Waals surface area contributed by atoms with Gasteiger partial charge < -0.3 is 0 Å². The highest BCUT2D eigenvalue weighted by atomic mass is 16.2.